The van der Waals surface area contributed by atoms with Gasteiger partial charge in [-0.15, -0.1) is 0 Å². The summed E-state index contributed by atoms with van der Waals surface area (Å²) in [5.41, 5.74) is 0. The van der Waals surface area contributed by atoms with Gasteiger partial charge in [0.05, 0.1) is 5.75 Å². The zero-order valence-electron chi connectivity index (χ0n) is 11.6. The Morgan fingerprint density at radius 2 is 1.85 bits per heavy atom. The molecule has 2 amide bonds. The van der Waals surface area contributed by atoms with E-state index in [1.807, 2.05) is 0 Å². The van der Waals surface area contributed by atoms with Crippen molar-refractivity contribution < 1.29 is 23.7 Å². The number of carbonyl (C=O) groups is 3. The highest BCUT2D eigenvalue weighted by Gasteiger charge is 2.30. The molecule has 0 aliphatic carbocycles. The highest BCUT2D eigenvalue weighted by Crippen LogP contribution is 2.12. The lowest BCUT2D eigenvalue weighted by molar-refractivity contribution is -0.140. The maximum atomic E-state index is 12.1. The van der Waals surface area contributed by atoms with Crippen LogP contribution in [-0.4, -0.2) is 62.1 Å². The Hall–Kier alpha value is -1.44. The molecule has 1 heterocycles. The van der Waals surface area contributed by atoms with Gasteiger partial charge in [-0.25, -0.2) is 4.79 Å². The van der Waals surface area contributed by atoms with E-state index < -0.39 is 34.0 Å². The van der Waals surface area contributed by atoms with Crippen molar-refractivity contribution in [3.8, 4) is 0 Å². The van der Waals surface area contributed by atoms with Crippen LogP contribution < -0.4 is 5.32 Å². The van der Waals surface area contributed by atoms with Crippen molar-refractivity contribution in [2.45, 2.75) is 38.0 Å². The molecule has 0 aromatic carbocycles. The number of rotatable bonds is 6. The number of aliphatic carboxylic acids is 1. The van der Waals surface area contributed by atoms with Crippen molar-refractivity contribution in [1.82, 2.24) is 10.2 Å². The number of hydrogen-bond donors (Lipinski definition) is 2. The number of carboxylic acids is 1. The predicted octanol–water partition coefficient (Wildman–Crippen LogP) is -0.665. The molecule has 0 aromatic heterocycles. The standard InChI is InChI=1S/C12H20N2O5S/c1-8(11(16)14-5-3-4-6-14)20(19)7-10(12(17)18)13-9(2)15/h8,10H,3-7H2,1-2H3,(H,13,15)(H,17,18). The van der Waals surface area contributed by atoms with Crippen molar-refractivity contribution in [2.75, 3.05) is 18.8 Å². The van der Waals surface area contributed by atoms with Crippen molar-refractivity contribution >= 4 is 28.6 Å². The highest BCUT2D eigenvalue weighted by molar-refractivity contribution is 7.86. The molecule has 0 bridgehead atoms. The van der Waals surface area contributed by atoms with Crippen molar-refractivity contribution in [1.29, 1.82) is 0 Å². The second-order valence-electron chi connectivity index (χ2n) is 4.81. The fraction of sp³-hybridized carbons (Fsp3) is 0.750. The minimum absolute atomic E-state index is 0.215. The van der Waals surface area contributed by atoms with Gasteiger partial charge in [-0.3, -0.25) is 13.8 Å². The normalized spacial score (nSPS) is 19.2. The van der Waals surface area contributed by atoms with Crippen LogP contribution in [0, 0.1) is 0 Å². The lowest BCUT2D eigenvalue weighted by atomic mass is 10.3. The van der Waals surface area contributed by atoms with Crippen molar-refractivity contribution in [3.05, 3.63) is 0 Å². The smallest absolute Gasteiger partial charge is 0.327 e. The summed E-state index contributed by atoms with van der Waals surface area (Å²) in [6, 6.07) is -1.23. The van der Waals surface area contributed by atoms with E-state index in [0.717, 1.165) is 12.8 Å². The number of carboxylic acid groups (broad SMARTS) is 1. The van der Waals surface area contributed by atoms with Gasteiger partial charge in [-0.05, 0) is 19.8 Å². The molecule has 0 saturated carbocycles. The molecule has 20 heavy (non-hydrogen) atoms. The van der Waals surface area contributed by atoms with Crippen LogP contribution in [0.3, 0.4) is 0 Å². The third-order valence-corrected chi connectivity index (χ3v) is 4.82. The summed E-state index contributed by atoms with van der Waals surface area (Å²) in [7, 11) is -1.64. The van der Waals surface area contributed by atoms with E-state index in [0.29, 0.717) is 13.1 Å². The van der Waals surface area contributed by atoms with Gasteiger partial charge in [0.1, 0.15) is 11.3 Å². The first-order valence-electron chi connectivity index (χ1n) is 6.48. The molecule has 3 unspecified atom stereocenters. The third-order valence-electron chi connectivity index (χ3n) is 3.17. The van der Waals surface area contributed by atoms with Crippen LogP contribution in [-0.2, 0) is 25.2 Å². The van der Waals surface area contributed by atoms with Crippen LogP contribution in [0.4, 0.5) is 0 Å². The third kappa shape index (κ3) is 4.59. The van der Waals surface area contributed by atoms with Gasteiger partial charge in [0.15, 0.2) is 0 Å². The Kier molecular flexibility index (Phi) is 6.12. The van der Waals surface area contributed by atoms with Crippen LogP contribution in [0.1, 0.15) is 26.7 Å². The summed E-state index contributed by atoms with van der Waals surface area (Å²) >= 11 is 0. The molecule has 0 aromatic rings. The Labute approximate surface area is 120 Å². The van der Waals surface area contributed by atoms with Crippen molar-refractivity contribution in [2.24, 2.45) is 0 Å². The van der Waals surface area contributed by atoms with Crippen LogP contribution in [0.5, 0.6) is 0 Å². The Morgan fingerprint density at radius 1 is 1.30 bits per heavy atom. The molecule has 8 heteroatoms. The first-order chi connectivity index (χ1) is 9.32. The van der Waals surface area contributed by atoms with Gasteiger partial charge in [0.25, 0.3) is 0 Å². The average molecular weight is 304 g/mol. The minimum Gasteiger partial charge on any atom is -0.480 e. The molecule has 0 radical (unpaired) electrons. The number of likely N-dealkylation sites (tertiary alicyclic amines) is 1. The maximum Gasteiger partial charge on any atom is 0.327 e. The Bertz CT molecular complexity index is 420. The fourth-order valence-corrected chi connectivity index (χ4v) is 3.25. The van der Waals surface area contributed by atoms with E-state index in [2.05, 4.69) is 5.32 Å². The van der Waals surface area contributed by atoms with E-state index in [-0.39, 0.29) is 11.7 Å². The molecule has 1 aliphatic rings. The minimum atomic E-state index is -1.64. The number of hydrogen-bond acceptors (Lipinski definition) is 4. The van der Waals surface area contributed by atoms with E-state index in [1.165, 1.54) is 13.8 Å². The van der Waals surface area contributed by atoms with Crippen LogP contribution in [0.25, 0.3) is 0 Å². The molecule has 3 atom stereocenters. The number of nitrogens with zero attached hydrogens (tertiary/aromatic N) is 1. The lowest BCUT2D eigenvalue weighted by Gasteiger charge is -2.21. The molecule has 0 spiro atoms. The molecular weight excluding hydrogens is 284 g/mol. The average Bonchev–Trinajstić information content (AvgIpc) is 2.89. The molecule has 1 aliphatic heterocycles. The summed E-state index contributed by atoms with van der Waals surface area (Å²) in [6.07, 6.45) is 1.88. The topological polar surface area (TPSA) is 104 Å². The first-order valence-corrected chi connectivity index (χ1v) is 7.87. The largest absolute Gasteiger partial charge is 0.480 e. The maximum absolute atomic E-state index is 12.1. The van der Waals surface area contributed by atoms with Crippen LogP contribution in [0.15, 0.2) is 0 Å². The Balaban J connectivity index is 2.60. The van der Waals surface area contributed by atoms with Crippen LogP contribution >= 0.6 is 0 Å². The number of nitrogens with one attached hydrogen (secondary N) is 1. The molecule has 1 fully saturated rings. The van der Waals surface area contributed by atoms with E-state index in [4.69, 9.17) is 5.11 Å². The number of amides is 2. The van der Waals surface area contributed by atoms with Gasteiger partial charge in [-0.1, -0.05) is 0 Å². The zero-order chi connectivity index (χ0) is 15.3. The van der Waals surface area contributed by atoms with Crippen LogP contribution in [0.2, 0.25) is 0 Å². The van der Waals surface area contributed by atoms with Gasteiger partial charge < -0.3 is 15.3 Å². The van der Waals surface area contributed by atoms with Gasteiger partial charge in [0, 0.05) is 30.8 Å². The van der Waals surface area contributed by atoms with Gasteiger partial charge in [0.2, 0.25) is 11.8 Å². The summed E-state index contributed by atoms with van der Waals surface area (Å²) in [6.45, 7) is 4.05. The molecule has 114 valence electrons. The lowest BCUT2D eigenvalue weighted by Crippen LogP contribution is -2.46. The fourth-order valence-electron chi connectivity index (χ4n) is 2.04. The summed E-state index contributed by atoms with van der Waals surface area (Å²) in [4.78, 5) is 35.6. The SMILES string of the molecule is CC(=O)NC(CS(=O)C(C)C(=O)N1CCCC1)C(=O)O. The molecule has 2 N–H and O–H groups in total. The van der Waals surface area contributed by atoms with Crippen molar-refractivity contribution in [3.63, 3.8) is 0 Å². The second-order valence-corrected chi connectivity index (χ2v) is 6.62. The molecule has 1 saturated heterocycles. The van der Waals surface area contributed by atoms with Gasteiger partial charge in [-0.2, -0.15) is 0 Å². The van der Waals surface area contributed by atoms with Gasteiger partial charge >= 0.3 is 5.97 Å². The second kappa shape index (κ2) is 7.37. The molecule has 1 rings (SSSR count). The molecule has 7 nitrogen and oxygen atoms in total. The monoisotopic (exact) mass is 304 g/mol. The number of carbonyl (C=O) groups excluding carboxylic acids is 2. The summed E-state index contributed by atoms with van der Waals surface area (Å²) < 4.78 is 12.1. The molecular formula is C12H20N2O5S. The van der Waals surface area contributed by atoms with E-state index in [9.17, 15) is 18.6 Å². The van der Waals surface area contributed by atoms with E-state index >= 15 is 0 Å². The highest BCUT2D eigenvalue weighted by atomic mass is 32.2. The predicted molar refractivity (Wildman–Crippen MR) is 73.5 cm³/mol. The quantitative estimate of drug-likeness (QED) is 0.677. The summed E-state index contributed by atoms with van der Waals surface area (Å²) in [5, 5.41) is 10.4. The van der Waals surface area contributed by atoms with E-state index in [1.54, 1.807) is 4.90 Å². The zero-order valence-corrected chi connectivity index (χ0v) is 12.4. The Morgan fingerprint density at radius 3 is 2.30 bits per heavy atom. The summed E-state index contributed by atoms with van der Waals surface area (Å²) in [5.74, 6) is -2.24. The first kappa shape index (κ1) is 16.6.